The quantitative estimate of drug-likeness (QED) is 0.797. The number of nitrogens with zero attached hydrogens (tertiary/aromatic N) is 1. The summed E-state index contributed by atoms with van der Waals surface area (Å²) in [5.74, 6) is 1.76. The van der Waals surface area contributed by atoms with Gasteiger partial charge in [-0.15, -0.1) is 0 Å². The number of aliphatic imine (C=N–C) groups is 1. The summed E-state index contributed by atoms with van der Waals surface area (Å²) in [6, 6.07) is 13.9. The summed E-state index contributed by atoms with van der Waals surface area (Å²) in [5, 5.41) is 2.85. The van der Waals surface area contributed by atoms with Crippen molar-refractivity contribution >= 4 is 17.8 Å². The Morgan fingerprint density at radius 3 is 2.29 bits per heavy atom. The normalized spacial score (nSPS) is 15.4. The molecule has 146 valence electrons. The maximum absolute atomic E-state index is 12.3. The Hall–Kier alpha value is -3.08. The molecule has 28 heavy (non-hydrogen) atoms. The monoisotopic (exact) mass is 378 g/mol. The maximum Gasteiger partial charge on any atom is 0.275 e. The fourth-order valence-electron chi connectivity index (χ4n) is 3.02. The molecule has 1 heterocycles. The lowest BCUT2D eigenvalue weighted by Crippen LogP contribution is -2.25. The van der Waals surface area contributed by atoms with Gasteiger partial charge in [-0.25, -0.2) is 4.99 Å². The van der Waals surface area contributed by atoms with Gasteiger partial charge in [-0.05, 0) is 40.3 Å². The number of carbonyl (C=O) groups is 1. The average molecular weight is 378 g/mol. The number of carbonyl (C=O) groups excluding carboxylic acids is 1. The van der Waals surface area contributed by atoms with Gasteiger partial charge in [-0.1, -0.05) is 51.1 Å². The van der Waals surface area contributed by atoms with E-state index in [2.05, 4.69) is 43.2 Å². The van der Waals surface area contributed by atoms with Crippen LogP contribution in [0, 0.1) is 0 Å². The molecule has 2 aromatic rings. The molecule has 1 N–H and O–H groups in total. The third-order valence-corrected chi connectivity index (χ3v) is 4.65. The highest BCUT2D eigenvalue weighted by Gasteiger charge is 2.20. The van der Waals surface area contributed by atoms with Crippen LogP contribution < -0.4 is 14.8 Å². The first-order valence-corrected chi connectivity index (χ1v) is 9.22. The van der Waals surface area contributed by atoms with E-state index >= 15 is 0 Å². The Kier molecular flexibility index (Phi) is 5.54. The van der Waals surface area contributed by atoms with Gasteiger partial charge < -0.3 is 14.8 Å². The molecule has 5 heteroatoms. The molecule has 0 saturated heterocycles. The smallest absolute Gasteiger partial charge is 0.275 e. The number of amidine groups is 1. The Balaban J connectivity index is 1.78. The largest absolute Gasteiger partial charge is 0.493 e. The molecule has 0 unspecified atom stereocenters. The molecule has 1 amide bonds. The summed E-state index contributed by atoms with van der Waals surface area (Å²) in [6.45, 7) is 6.53. The molecule has 0 atom stereocenters. The van der Waals surface area contributed by atoms with Crippen LogP contribution >= 0.6 is 0 Å². The van der Waals surface area contributed by atoms with Gasteiger partial charge in [0.15, 0.2) is 11.5 Å². The molecule has 0 spiro atoms. The van der Waals surface area contributed by atoms with Crippen molar-refractivity contribution in [2.75, 3.05) is 14.2 Å². The number of hydrogen-bond acceptors (Lipinski definition) is 4. The molecule has 1 aliphatic rings. The number of methoxy groups -OCH3 is 2. The lowest BCUT2D eigenvalue weighted by Gasteiger charge is -2.18. The van der Waals surface area contributed by atoms with Crippen LogP contribution in [0.5, 0.6) is 11.5 Å². The highest BCUT2D eigenvalue weighted by Crippen LogP contribution is 2.28. The molecule has 0 bridgehead atoms. The van der Waals surface area contributed by atoms with Crippen LogP contribution in [0.3, 0.4) is 0 Å². The first-order valence-electron chi connectivity index (χ1n) is 9.22. The van der Waals surface area contributed by atoms with Crippen molar-refractivity contribution in [1.29, 1.82) is 0 Å². The zero-order valence-corrected chi connectivity index (χ0v) is 17.0. The highest BCUT2D eigenvalue weighted by atomic mass is 16.5. The van der Waals surface area contributed by atoms with Gasteiger partial charge in [-0.3, -0.25) is 4.79 Å². The van der Waals surface area contributed by atoms with E-state index in [1.807, 2.05) is 36.4 Å². The number of ether oxygens (including phenoxy) is 2. The van der Waals surface area contributed by atoms with Crippen molar-refractivity contribution in [3.05, 3.63) is 64.9 Å². The van der Waals surface area contributed by atoms with E-state index in [-0.39, 0.29) is 11.3 Å². The van der Waals surface area contributed by atoms with E-state index in [9.17, 15) is 4.79 Å². The third-order valence-electron chi connectivity index (χ3n) is 4.65. The molecule has 0 saturated carbocycles. The summed E-state index contributed by atoms with van der Waals surface area (Å²) in [6.07, 6.45) is 2.32. The fraction of sp³-hybridized carbons (Fsp3) is 0.304. The van der Waals surface area contributed by atoms with Crippen LogP contribution in [0.15, 0.2) is 53.2 Å². The Labute approximate surface area is 166 Å². The van der Waals surface area contributed by atoms with Gasteiger partial charge in [0.05, 0.1) is 14.2 Å². The van der Waals surface area contributed by atoms with Crippen LogP contribution in [0.25, 0.3) is 6.08 Å². The minimum atomic E-state index is -0.185. The molecule has 0 aliphatic carbocycles. The van der Waals surface area contributed by atoms with Crippen LogP contribution in [0.1, 0.15) is 37.5 Å². The van der Waals surface area contributed by atoms with E-state index in [0.717, 1.165) is 11.1 Å². The van der Waals surface area contributed by atoms with E-state index in [4.69, 9.17) is 9.47 Å². The second-order valence-corrected chi connectivity index (χ2v) is 7.78. The van der Waals surface area contributed by atoms with Gasteiger partial charge in [-0.2, -0.15) is 0 Å². The van der Waals surface area contributed by atoms with Crippen LogP contribution in [0.4, 0.5) is 0 Å². The number of amides is 1. The van der Waals surface area contributed by atoms with Crippen molar-refractivity contribution in [2.45, 2.75) is 32.6 Å². The summed E-state index contributed by atoms with van der Waals surface area (Å²) < 4.78 is 10.6. The second kappa shape index (κ2) is 7.89. The molecule has 0 radical (unpaired) electrons. The predicted molar refractivity (Wildman–Crippen MR) is 112 cm³/mol. The third kappa shape index (κ3) is 4.42. The molecule has 2 aromatic carbocycles. The van der Waals surface area contributed by atoms with Gasteiger partial charge in [0.25, 0.3) is 5.91 Å². The number of benzene rings is 2. The minimum absolute atomic E-state index is 0.0984. The highest BCUT2D eigenvalue weighted by molar-refractivity contribution is 6.14. The number of rotatable bonds is 5. The maximum atomic E-state index is 12.3. The fourth-order valence-corrected chi connectivity index (χ4v) is 3.02. The molecular formula is C23H26N2O3. The van der Waals surface area contributed by atoms with Crippen LogP contribution in [0.2, 0.25) is 0 Å². The minimum Gasteiger partial charge on any atom is -0.493 e. The summed E-state index contributed by atoms with van der Waals surface area (Å²) in [7, 11) is 3.20. The van der Waals surface area contributed by atoms with E-state index in [0.29, 0.717) is 29.5 Å². The molecule has 3 rings (SSSR count). The lowest BCUT2D eigenvalue weighted by atomic mass is 9.87. The summed E-state index contributed by atoms with van der Waals surface area (Å²) in [5.41, 5.74) is 3.70. The van der Waals surface area contributed by atoms with Gasteiger partial charge >= 0.3 is 0 Å². The molecular weight excluding hydrogens is 352 g/mol. The predicted octanol–water partition coefficient (Wildman–Crippen LogP) is 4.11. The average Bonchev–Trinajstić information content (AvgIpc) is 3.00. The lowest BCUT2D eigenvalue weighted by molar-refractivity contribution is -0.115. The number of hydrogen-bond donors (Lipinski definition) is 1. The standard InChI is InChI=1S/C23H26N2O3/c1-23(2,3)17-9-6-15(7-10-17)12-18-22(26)25-21(24-18)14-16-8-11-19(27-4)20(13-16)28-5/h6-13H,14H2,1-5H3,(H,24,25,26)/b18-12+. The van der Waals surface area contributed by atoms with E-state index < -0.39 is 0 Å². The van der Waals surface area contributed by atoms with Crippen molar-refractivity contribution in [3.63, 3.8) is 0 Å². The molecule has 0 aromatic heterocycles. The summed E-state index contributed by atoms with van der Waals surface area (Å²) in [4.78, 5) is 16.8. The SMILES string of the molecule is COc1ccc(CC2=N/C(=C/c3ccc(C(C)(C)C)cc3)C(=O)N2)cc1OC. The zero-order chi connectivity index (χ0) is 20.3. The van der Waals surface area contributed by atoms with Gasteiger partial charge in [0, 0.05) is 6.42 Å². The van der Waals surface area contributed by atoms with E-state index in [1.165, 1.54) is 5.56 Å². The van der Waals surface area contributed by atoms with E-state index in [1.54, 1.807) is 14.2 Å². The Morgan fingerprint density at radius 2 is 1.68 bits per heavy atom. The first kappa shape index (κ1) is 19.7. The van der Waals surface area contributed by atoms with Crippen LogP contribution in [-0.2, 0) is 16.6 Å². The van der Waals surface area contributed by atoms with Crippen molar-refractivity contribution in [2.24, 2.45) is 4.99 Å². The second-order valence-electron chi connectivity index (χ2n) is 7.78. The van der Waals surface area contributed by atoms with Crippen molar-refractivity contribution < 1.29 is 14.3 Å². The molecule has 1 aliphatic heterocycles. The van der Waals surface area contributed by atoms with Gasteiger partial charge in [0.1, 0.15) is 11.5 Å². The molecule has 0 fully saturated rings. The van der Waals surface area contributed by atoms with Gasteiger partial charge in [0.2, 0.25) is 0 Å². The van der Waals surface area contributed by atoms with Crippen molar-refractivity contribution in [3.8, 4) is 11.5 Å². The first-order chi connectivity index (χ1) is 13.3. The molecule has 5 nitrogen and oxygen atoms in total. The topological polar surface area (TPSA) is 59.9 Å². The zero-order valence-electron chi connectivity index (χ0n) is 17.0. The Morgan fingerprint density at radius 1 is 1.00 bits per heavy atom. The Bertz CT molecular complexity index is 935. The van der Waals surface area contributed by atoms with Crippen molar-refractivity contribution in [1.82, 2.24) is 5.32 Å². The number of nitrogens with one attached hydrogen (secondary N) is 1. The summed E-state index contributed by atoms with van der Waals surface area (Å²) >= 11 is 0. The van der Waals surface area contributed by atoms with Crippen LogP contribution in [-0.4, -0.2) is 26.0 Å².